The zero-order valence-electron chi connectivity index (χ0n) is 14.0. The number of rotatable bonds is 5. The highest BCUT2D eigenvalue weighted by Crippen LogP contribution is 2.40. The van der Waals surface area contributed by atoms with Crippen LogP contribution in [0.2, 0.25) is 0 Å². The Kier molecular flexibility index (Phi) is 5.62. The first-order chi connectivity index (χ1) is 10.4. The molecule has 1 atom stereocenters. The number of nitrogens with zero attached hydrogens (tertiary/aromatic N) is 1. The molecule has 0 saturated heterocycles. The first-order valence-electron chi connectivity index (χ1n) is 8.11. The lowest BCUT2D eigenvalue weighted by molar-refractivity contribution is -0.114. The van der Waals surface area contributed by atoms with E-state index in [1.807, 2.05) is 7.05 Å². The molecule has 1 aromatic heterocycles. The lowest BCUT2D eigenvalue weighted by Gasteiger charge is -2.21. The molecule has 1 aliphatic carbocycles. The van der Waals surface area contributed by atoms with Crippen molar-refractivity contribution in [3.63, 3.8) is 0 Å². The second-order valence-electron chi connectivity index (χ2n) is 6.32. The highest BCUT2D eigenvalue weighted by molar-refractivity contribution is 7.17. The molecule has 1 aliphatic rings. The Morgan fingerprint density at radius 1 is 1.41 bits per heavy atom. The zero-order valence-corrected chi connectivity index (χ0v) is 14.8. The Morgan fingerprint density at radius 2 is 2.14 bits per heavy atom. The highest BCUT2D eigenvalue weighted by atomic mass is 32.1. The van der Waals surface area contributed by atoms with Crippen LogP contribution in [0.15, 0.2) is 0 Å². The predicted molar refractivity (Wildman–Crippen MR) is 91.7 cm³/mol. The van der Waals surface area contributed by atoms with Gasteiger partial charge in [0.2, 0.25) is 5.91 Å². The Bertz CT molecular complexity index is 565. The van der Waals surface area contributed by atoms with E-state index in [0.717, 1.165) is 49.2 Å². The van der Waals surface area contributed by atoms with Crippen LogP contribution in [0.5, 0.6) is 0 Å². The molecule has 0 aliphatic heterocycles. The largest absolute Gasteiger partial charge is 0.342 e. The van der Waals surface area contributed by atoms with Crippen molar-refractivity contribution in [1.29, 1.82) is 0 Å². The van der Waals surface area contributed by atoms with Gasteiger partial charge in [0.25, 0.3) is 5.91 Å². The first-order valence-corrected chi connectivity index (χ1v) is 8.93. The fourth-order valence-electron chi connectivity index (χ4n) is 2.91. The van der Waals surface area contributed by atoms with Gasteiger partial charge in [-0.1, -0.05) is 20.3 Å². The van der Waals surface area contributed by atoms with Crippen LogP contribution in [0.25, 0.3) is 0 Å². The van der Waals surface area contributed by atoms with Crippen molar-refractivity contribution < 1.29 is 9.59 Å². The molecule has 0 saturated carbocycles. The standard InChI is InChI=1S/C17H26N2O2S/c1-5-6-9-19(4)17(21)15-13-8-7-11(2)10-14(13)22-16(15)18-12(3)20/h11H,5-10H2,1-4H3,(H,18,20)/t11-/m1/s1. The SMILES string of the molecule is CCCCN(C)C(=O)c1c(NC(C)=O)sc2c1CC[C@@H](C)C2. The summed E-state index contributed by atoms with van der Waals surface area (Å²) < 4.78 is 0. The van der Waals surface area contributed by atoms with Gasteiger partial charge in [-0.15, -0.1) is 11.3 Å². The second-order valence-corrected chi connectivity index (χ2v) is 7.42. The van der Waals surface area contributed by atoms with Crippen LogP contribution in [-0.4, -0.2) is 30.3 Å². The van der Waals surface area contributed by atoms with Gasteiger partial charge in [0.15, 0.2) is 0 Å². The van der Waals surface area contributed by atoms with E-state index >= 15 is 0 Å². The molecule has 0 unspecified atom stereocenters. The summed E-state index contributed by atoms with van der Waals surface area (Å²) in [6, 6.07) is 0. The molecule has 1 heterocycles. The number of carbonyl (C=O) groups excluding carboxylic acids is 2. The number of fused-ring (bicyclic) bond motifs is 1. The van der Waals surface area contributed by atoms with E-state index in [4.69, 9.17) is 0 Å². The summed E-state index contributed by atoms with van der Waals surface area (Å²) in [5.74, 6) is 0.582. The Morgan fingerprint density at radius 3 is 2.77 bits per heavy atom. The number of unbranched alkanes of at least 4 members (excludes halogenated alkanes) is 1. The molecule has 22 heavy (non-hydrogen) atoms. The third-order valence-electron chi connectivity index (χ3n) is 4.21. The van der Waals surface area contributed by atoms with Gasteiger partial charge in [0, 0.05) is 25.4 Å². The Labute approximate surface area is 136 Å². The van der Waals surface area contributed by atoms with Crippen LogP contribution >= 0.6 is 11.3 Å². The van der Waals surface area contributed by atoms with Gasteiger partial charge in [-0.25, -0.2) is 0 Å². The minimum Gasteiger partial charge on any atom is -0.342 e. The van der Waals surface area contributed by atoms with Crippen LogP contribution in [0.3, 0.4) is 0 Å². The quantitative estimate of drug-likeness (QED) is 0.898. The summed E-state index contributed by atoms with van der Waals surface area (Å²) in [7, 11) is 1.85. The van der Waals surface area contributed by atoms with Gasteiger partial charge in [-0.2, -0.15) is 0 Å². The maximum absolute atomic E-state index is 12.8. The van der Waals surface area contributed by atoms with E-state index in [1.165, 1.54) is 17.4 Å². The molecule has 1 aromatic rings. The molecule has 0 spiro atoms. The molecule has 122 valence electrons. The molecule has 5 heteroatoms. The number of nitrogens with one attached hydrogen (secondary N) is 1. The van der Waals surface area contributed by atoms with Crippen LogP contribution in [0, 0.1) is 5.92 Å². The number of hydrogen-bond donors (Lipinski definition) is 1. The summed E-state index contributed by atoms with van der Waals surface area (Å²) in [4.78, 5) is 27.4. The fourth-order valence-corrected chi connectivity index (χ4v) is 4.36. The maximum atomic E-state index is 12.8. The lowest BCUT2D eigenvalue weighted by Crippen LogP contribution is -2.29. The summed E-state index contributed by atoms with van der Waals surface area (Å²) in [6.45, 7) is 6.62. The van der Waals surface area contributed by atoms with Crippen molar-refractivity contribution in [3.8, 4) is 0 Å². The summed E-state index contributed by atoms with van der Waals surface area (Å²) in [5, 5.41) is 3.61. The molecule has 0 fully saturated rings. The number of thiophene rings is 1. The summed E-state index contributed by atoms with van der Waals surface area (Å²) in [5.41, 5.74) is 1.90. The number of hydrogen-bond acceptors (Lipinski definition) is 3. The van der Waals surface area contributed by atoms with Crippen molar-refractivity contribution in [3.05, 3.63) is 16.0 Å². The normalized spacial score (nSPS) is 17.0. The van der Waals surface area contributed by atoms with Crippen LogP contribution < -0.4 is 5.32 Å². The number of anilines is 1. The van der Waals surface area contributed by atoms with E-state index in [9.17, 15) is 9.59 Å². The lowest BCUT2D eigenvalue weighted by atomic mass is 9.88. The molecule has 1 N–H and O–H groups in total. The molecule has 4 nitrogen and oxygen atoms in total. The van der Waals surface area contributed by atoms with E-state index < -0.39 is 0 Å². The van der Waals surface area contributed by atoms with Gasteiger partial charge in [0.1, 0.15) is 5.00 Å². The van der Waals surface area contributed by atoms with Gasteiger partial charge < -0.3 is 10.2 Å². The maximum Gasteiger partial charge on any atom is 0.256 e. The summed E-state index contributed by atoms with van der Waals surface area (Å²) in [6.07, 6.45) is 5.13. The van der Waals surface area contributed by atoms with Crippen LogP contribution in [0.1, 0.15) is 60.8 Å². The predicted octanol–water partition coefficient (Wildman–Crippen LogP) is 3.70. The molecule has 0 aromatic carbocycles. The Balaban J connectivity index is 2.34. The third kappa shape index (κ3) is 3.69. The Hall–Kier alpha value is -1.36. The van der Waals surface area contributed by atoms with Crippen molar-refractivity contribution in [2.75, 3.05) is 18.9 Å². The van der Waals surface area contributed by atoms with Crippen molar-refractivity contribution in [2.45, 2.75) is 52.9 Å². The average Bonchev–Trinajstić information content (AvgIpc) is 2.79. The minimum absolute atomic E-state index is 0.0456. The zero-order chi connectivity index (χ0) is 16.3. The van der Waals surface area contributed by atoms with E-state index in [2.05, 4.69) is 19.2 Å². The van der Waals surface area contributed by atoms with Gasteiger partial charge in [0.05, 0.1) is 5.56 Å². The molecule has 0 bridgehead atoms. The van der Waals surface area contributed by atoms with Gasteiger partial charge >= 0.3 is 0 Å². The molecular weight excluding hydrogens is 296 g/mol. The van der Waals surface area contributed by atoms with Crippen molar-refractivity contribution >= 4 is 28.2 Å². The van der Waals surface area contributed by atoms with E-state index in [1.54, 1.807) is 16.2 Å². The van der Waals surface area contributed by atoms with Gasteiger partial charge in [-0.3, -0.25) is 9.59 Å². The summed E-state index contributed by atoms with van der Waals surface area (Å²) >= 11 is 1.58. The minimum atomic E-state index is -0.114. The molecular formula is C17H26N2O2S. The van der Waals surface area contributed by atoms with Crippen molar-refractivity contribution in [2.24, 2.45) is 5.92 Å². The van der Waals surface area contributed by atoms with Crippen LogP contribution in [0.4, 0.5) is 5.00 Å². The average molecular weight is 322 g/mol. The van der Waals surface area contributed by atoms with Gasteiger partial charge in [-0.05, 0) is 37.2 Å². The van der Waals surface area contributed by atoms with E-state index in [-0.39, 0.29) is 11.8 Å². The molecule has 0 radical (unpaired) electrons. The first kappa shape index (κ1) is 17.0. The third-order valence-corrected chi connectivity index (χ3v) is 5.38. The van der Waals surface area contributed by atoms with Crippen LogP contribution in [-0.2, 0) is 17.6 Å². The number of carbonyl (C=O) groups is 2. The smallest absolute Gasteiger partial charge is 0.256 e. The van der Waals surface area contributed by atoms with E-state index in [0.29, 0.717) is 5.92 Å². The number of amides is 2. The molecule has 2 rings (SSSR count). The second kappa shape index (κ2) is 7.27. The fraction of sp³-hybridized carbons (Fsp3) is 0.647. The topological polar surface area (TPSA) is 49.4 Å². The van der Waals surface area contributed by atoms with Crippen molar-refractivity contribution in [1.82, 2.24) is 4.90 Å². The molecule has 2 amide bonds. The monoisotopic (exact) mass is 322 g/mol. The highest BCUT2D eigenvalue weighted by Gasteiger charge is 2.29.